The molecule has 1 nitrogen and oxygen atoms in total. The molecule has 0 N–H and O–H groups in total. The number of hydrogen-bond donors (Lipinski definition) is 0. The molecular weight excluding hydrogens is 651 g/mol. The van der Waals surface area contributed by atoms with Gasteiger partial charge in [-0.25, -0.2) is 0 Å². The first-order valence-electron chi connectivity index (χ1n) is 18.8. The number of rotatable bonds is 4. The average molecular weight is 686 g/mol. The van der Waals surface area contributed by atoms with E-state index in [-0.39, 0.29) is 0 Å². The van der Waals surface area contributed by atoms with Crippen LogP contribution in [0.5, 0.6) is 0 Å². The van der Waals surface area contributed by atoms with Gasteiger partial charge in [0.25, 0.3) is 0 Å². The fourth-order valence-corrected chi connectivity index (χ4v) is 9.04. The molecule has 0 bridgehead atoms. The summed E-state index contributed by atoms with van der Waals surface area (Å²) in [6, 6.07) is 71.3. The van der Waals surface area contributed by atoms with Gasteiger partial charge >= 0.3 is 0 Å². The van der Waals surface area contributed by atoms with E-state index in [0.29, 0.717) is 0 Å². The van der Waals surface area contributed by atoms with E-state index in [2.05, 4.69) is 205 Å². The molecule has 0 radical (unpaired) electrons. The number of allylic oxidation sites excluding steroid dienone is 1. The Labute approximate surface area is 314 Å². The maximum atomic E-state index is 2.39. The number of aromatic nitrogens is 1. The maximum Gasteiger partial charge on any atom is 0.0541 e. The van der Waals surface area contributed by atoms with Gasteiger partial charge < -0.3 is 4.57 Å². The molecule has 1 aliphatic rings. The van der Waals surface area contributed by atoms with Crippen LogP contribution in [0.1, 0.15) is 16.7 Å². The predicted octanol–water partition coefficient (Wildman–Crippen LogP) is 14.2. The smallest absolute Gasteiger partial charge is 0.0541 e. The monoisotopic (exact) mass is 685 g/mol. The van der Waals surface area contributed by atoms with Gasteiger partial charge in [-0.15, -0.1) is 0 Å². The number of benzene rings is 9. The normalized spacial score (nSPS) is 13.1. The van der Waals surface area contributed by atoms with Crippen LogP contribution in [0.25, 0.3) is 94.1 Å². The fourth-order valence-electron chi connectivity index (χ4n) is 9.04. The van der Waals surface area contributed by atoms with Gasteiger partial charge in [-0.05, 0) is 108 Å². The van der Waals surface area contributed by atoms with Crippen LogP contribution in [-0.2, 0) is 6.42 Å². The van der Waals surface area contributed by atoms with Crippen molar-refractivity contribution >= 4 is 55.0 Å². The average Bonchev–Trinajstić information content (AvgIpc) is 3.58. The largest absolute Gasteiger partial charge is 0.309 e. The van der Waals surface area contributed by atoms with Crippen molar-refractivity contribution in [3.8, 4) is 39.1 Å². The fraction of sp³-hybridized carbons (Fsp3) is 0.0189. The zero-order valence-corrected chi connectivity index (χ0v) is 29.7. The lowest BCUT2D eigenvalue weighted by Crippen LogP contribution is -2.02. The van der Waals surface area contributed by atoms with Crippen LogP contribution in [0.15, 0.2) is 194 Å². The molecule has 54 heavy (non-hydrogen) atoms. The molecule has 0 fully saturated rings. The molecule has 0 saturated heterocycles. The van der Waals surface area contributed by atoms with E-state index in [1.165, 1.54) is 99.0 Å². The molecule has 10 aromatic rings. The lowest BCUT2D eigenvalue weighted by atomic mass is 9.81. The summed E-state index contributed by atoms with van der Waals surface area (Å²) in [6.45, 7) is 0. The van der Waals surface area contributed by atoms with Gasteiger partial charge in [0, 0.05) is 16.5 Å². The first-order chi connectivity index (χ1) is 26.8. The Kier molecular flexibility index (Phi) is 7.00. The van der Waals surface area contributed by atoms with E-state index >= 15 is 0 Å². The Morgan fingerprint density at radius 1 is 0.352 bits per heavy atom. The van der Waals surface area contributed by atoms with Gasteiger partial charge in [0.05, 0.1) is 11.0 Å². The van der Waals surface area contributed by atoms with E-state index in [0.717, 1.165) is 12.1 Å². The van der Waals surface area contributed by atoms with Crippen LogP contribution in [0, 0.1) is 0 Å². The van der Waals surface area contributed by atoms with Crippen LogP contribution in [0.3, 0.4) is 0 Å². The summed E-state index contributed by atoms with van der Waals surface area (Å²) in [7, 11) is 0. The van der Waals surface area contributed by atoms with E-state index in [1.54, 1.807) is 0 Å². The van der Waals surface area contributed by atoms with Crippen LogP contribution in [0.4, 0.5) is 0 Å². The van der Waals surface area contributed by atoms with Crippen molar-refractivity contribution in [2.45, 2.75) is 6.42 Å². The molecule has 1 heterocycles. The Bertz CT molecular complexity index is 2990. The lowest BCUT2D eigenvalue weighted by molar-refractivity contribution is 1.18. The van der Waals surface area contributed by atoms with Crippen molar-refractivity contribution in [1.29, 1.82) is 0 Å². The Morgan fingerprint density at radius 3 is 1.33 bits per heavy atom. The minimum Gasteiger partial charge on any atom is -0.309 e. The maximum absolute atomic E-state index is 2.39. The van der Waals surface area contributed by atoms with Crippen molar-refractivity contribution in [3.05, 3.63) is 211 Å². The van der Waals surface area contributed by atoms with Crippen molar-refractivity contribution in [2.24, 2.45) is 0 Å². The summed E-state index contributed by atoms with van der Waals surface area (Å²) in [6.07, 6.45) is 3.31. The quantitative estimate of drug-likeness (QED) is 0.163. The molecule has 0 spiro atoms. The molecule has 0 aliphatic heterocycles. The highest BCUT2D eigenvalue weighted by Gasteiger charge is 2.20. The molecule has 0 unspecified atom stereocenters. The molecule has 252 valence electrons. The molecule has 0 atom stereocenters. The molecule has 11 rings (SSSR count). The summed E-state index contributed by atoms with van der Waals surface area (Å²) in [4.78, 5) is 0. The zero-order chi connectivity index (χ0) is 35.6. The molecule has 1 heteroatoms. The lowest BCUT2D eigenvalue weighted by Gasteiger charge is -2.22. The summed E-state index contributed by atoms with van der Waals surface area (Å²) in [5.41, 5.74) is 16.6. The Hall–Kier alpha value is -6.96. The summed E-state index contributed by atoms with van der Waals surface area (Å²) in [5, 5.41) is 7.61. The third-order valence-corrected chi connectivity index (χ3v) is 11.4. The zero-order valence-electron chi connectivity index (χ0n) is 29.7. The highest BCUT2D eigenvalue weighted by molar-refractivity contribution is 6.21. The number of nitrogens with zero attached hydrogens (tertiary/aromatic N) is 1. The van der Waals surface area contributed by atoms with Gasteiger partial charge in [0.1, 0.15) is 0 Å². The van der Waals surface area contributed by atoms with Crippen molar-refractivity contribution < 1.29 is 0 Å². The van der Waals surface area contributed by atoms with Crippen LogP contribution in [-0.4, -0.2) is 4.57 Å². The SMILES string of the molecule is C(=C1\Cc2ccccc2-c2ccccc21)/c1ccc(-c2c3ccccc3c(-c3ccc(-n4c5ccccc5c5ccccc54)cc3)c3ccccc23)cc1. The highest BCUT2D eigenvalue weighted by Crippen LogP contribution is 2.45. The molecule has 0 saturated carbocycles. The number of para-hydroxylation sites is 2. The van der Waals surface area contributed by atoms with E-state index < -0.39 is 0 Å². The number of hydrogen-bond acceptors (Lipinski definition) is 0. The summed E-state index contributed by atoms with van der Waals surface area (Å²) in [5.74, 6) is 0. The van der Waals surface area contributed by atoms with Gasteiger partial charge in [-0.2, -0.15) is 0 Å². The molecule has 1 aliphatic carbocycles. The minimum absolute atomic E-state index is 0.936. The van der Waals surface area contributed by atoms with Crippen LogP contribution < -0.4 is 0 Å². The van der Waals surface area contributed by atoms with Crippen molar-refractivity contribution in [3.63, 3.8) is 0 Å². The van der Waals surface area contributed by atoms with E-state index in [9.17, 15) is 0 Å². The predicted molar refractivity (Wildman–Crippen MR) is 230 cm³/mol. The standard InChI is InChI=1S/C53H35N/c1-2-14-41-38(13-1)34-39(42-15-3-4-16-43(41)42)33-35-25-27-36(28-26-35)52-46-19-5-7-21-48(46)53(49-22-8-6-20-47(49)52)37-29-31-40(32-30-37)54-50-23-11-9-17-44(50)45-18-10-12-24-51(45)54/h1-33H,34H2/b39-33-. The highest BCUT2D eigenvalue weighted by atomic mass is 15.0. The topological polar surface area (TPSA) is 4.93 Å². The van der Waals surface area contributed by atoms with Crippen molar-refractivity contribution in [2.75, 3.05) is 0 Å². The molecule has 0 amide bonds. The number of fused-ring (bicyclic) bond motifs is 8. The van der Waals surface area contributed by atoms with Gasteiger partial charge in [0.2, 0.25) is 0 Å². The summed E-state index contributed by atoms with van der Waals surface area (Å²) >= 11 is 0. The molecule has 9 aromatic carbocycles. The summed E-state index contributed by atoms with van der Waals surface area (Å²) < 4.78 is 2.39. The third-order valence-electron chi connectivity index (χ3n) is 11.4. The second-order valence-corrected chi connectivity index (χ2v) is 14.4. The molecular formula is C53H35N. The first kappa shape index (κ1) is 30.6. The van der Waals surface area contributed by atoms with E-state index in [4.69, 9.17) is 0 Å². The Morgan fingerprint density at radius 2 is 0.778 bits per heavy atom. The van der Waals surface area contributed by atoms with Crippen LogP contribution in [0.2, 0.25) is 0 Å². The van der Waals surface area contributed by atoms with E-state index in [1.807, 2.05) is 0 Å². The Balaban J connectivity index is 1.02. The van der Waals surface area contributed by atoms with Gasteiger partial charge in [0.15, 0.2) is 0 Å². The van der Waals surface area contributed by atoms with Crippen molar-refractivity contribution in [1.82, 2.24) is 4.57 Å². The third kappa shape index (κ3) is 4.79. The molecule has 1 aromatic heterocycles. The second kappa shape index (κ2) is 12.3. The second-order valence-electron chi connectivity index (χ2n) is 14.4. The minimum atomic E-state index is 0.936. The first-order valence-corrected chi connectivity index (χ1v) is 18.8. The van der Waals surface area contributed by atoms with Gasteiger partial charge in [-0.1, -0.05) is 176 Å². The van der Waals surface area contributed by atoms with Crippen LogP contribution >= 0.6 is 0 Å². The van der Waals surface area contributed by atoms with Gasteiger partial charge in [-0.3, -0.25) is 0 Å².